The third-order valence-corrected chi connectivity index (χ3v) is 4.10. The largest absolute Gasteiger partial charge is 0.399 e. The summed E-state index contributed by atoms with van der Waals surface area (Å²) in [5.41, 5.74) is 5.97. The van der Waals surface area contributed by atoms with E-state index >= 15 is 0 Å². The van der Waals surface area contributed by atoms with Gasteiger partial charge in [-0.1, -0.05) is 0 Å². The Kier molecular flexibility index (Phi) is 2.48. The van der Waals surface area contributed by atoms with Crippen LogP contribution in [0.2, 0.25) is 0 Å². The number of aromatic nitrogens is 2. The van der Waals surface area contributed by atoms with Crippen molar-refractivity contribution in [3.8, 4) is 0 Å². The number of H-pyrrole nitrogens is 1. The monoisotopic (exact) mass is 256 g/mol. The molecule has 0 saturated carbocycles. The zero-order chi connectivity index (χ0) is 12.8. The molecule has 0 radical (unpaired) electrons. The lowest BCUT2D eigenvalue weighted by Crippen LogP contribution is -2.35. The predicted octanol–water partition coefficient (Wildman–Crippen LogP) is -0.434. The van der Waals surface area contributed by atoms with Gasteiger partial charge in [0.1, 0.15) is 0 Å². The zero-order valence-corrected chi connectivity index (χ0v) is 10.2. The maximum Gasteiger partial charge on any atom is 0.341 e. The fourth-order valence-corrected chi connectivity index (χ4v) is 2.49. The van der Waals surface area contributed by atoms with Crippen LogP contribution in [0.1, 0.15) is 0 Å². The summed E-state index contributed by atoms with van der Waals surface area (Å²) in [5.74, 6) is 0. The van der Waals surface area contributed by atoms with Gasteiger partial charge in [-0.25, -0.2) is 4.79 Å². The number of hydrogen-bond donors (Lipinski definition) is 2. The molecule has 1 aromatic carbocycles. The number of hydrogen-bond acceptors (Lipinski definition) is 4. The van der Waals surface area contributed by atoms with E-state index in [4.69, 9.17) is 5.73 Å². The first-order chi connectivity index (χ1) is 7.84. The Bertz CT molecular complexity index is 726. The maximum atomic E-state index is 12.0. The topological polar surface area (TPSA) is 101 Å². The van der Waals surface area contributed by atoms with E-state index in [1.807, 2.05) is 0 Å². The molecule has 0 amide bonds. The van der Waals surface area contributed by atoms with Gasteiger partial charge in [0.05, 0.1) is 11.0 Å². The normalized spacial score (nSPS) is 12.4. The second-order valence-corrected chi connectivity index (χ2v) is 5.75. The summed E-state index contributed by atoms with van der Waals surface area (Å²) in [6, 6.07) is 4.54. The van der Waals surface area contributed by atoms with Gasteiger partial charge in [0.15, 0.2) is 0 Å². The molecule has 8 heteroatoms. The molecule has 0 aliphatic carbocycles. The highest BCUT2D eigenvalue weighted by Crippen LogP contribution is 2.16. The first-order valence-corrected chi connectivity index (χ1v) is 6.17. The van der Waals surface area contributed by atoms with E-state index in [9.17, 15) is 13.2 Å². The standard InChI is InChI=1S/C9H12N4O3S/c1-12(2)17(15,16)13-8-4-3-6(10)5-7(8)11-9(13)14/h3-5H,10H2,1-2H3,(H,11,14). The fraction of sp³-hybridized carbons (Fsp3) is 0.222. The SMILES string of the molecule is CN(C)S(=O)(=O)n1c(=O)[nH]c2cc(N)ccc21. The van der Waals surface area contributed by atoms with Gasteiger partial charge < -0.3 is 10.7 Å². The fourth-order valence-electron chi connectivity index (χ4n) is 1.50. The Balaban J connectivity index is 2.88. The second-order valence-electron chi connectivity index (χ2n) is 3.76. The number of nitrogen functional groups attached to an aromatic ring is 1. The van der Waals surface area contributed by atoms with Crippen LogP contribution in [0.15, 0.2) is 23.0 Å². The molecule has 0 aliphatic rings. The van der Waals surface area contributed by atoms with Gasteiger partial charge in [0.2, 0.25) is 0 Å². The lowest BCUT2D eigenvalue weighted by atomic mass is 10.3. The van der Waals surface area contributed by atoms with Gasteiger partial charge in [-0.05, 0) is 18.2 Å². The number of aromatic amines is 1. The van der Waals surface area contributed by atoms with Crippen molar-refractivity contribution >= 4 is 26.9 Å². The summed E-state index contributed by atoms with van der Waals surface area (Å²) in [5, 5.41) is 0. The molecule has 3 N–H and O–H groups in total. The van der Waals surface area contributed by atoms with Crippen molar-refractivity contribution in [3.05, 3.63) is 28.7 Å². The number of nitrogens with two attached hydrogens (primary N) is 1. The molecular formula is C9H12N4O3S. The van der Waals surface area contributed by atoms with Crippen molar-refractivity contribution in [2.24, 2.45) is 0 Å². The van der Waals surface area contributed by atoms with E-state index in [1.54, 1.807) is 0 Å². The lowest BCUT2D eigenvalue weighted by molar-refractivity contribution is 0.510. The Morgan fingerprint density at radius 3 is 2.59 bits per heavy atom. The Labute approximate surface area is 97.6 Å². The van der Waals surface area contributed by atoms with Crippen LogP contribution in [0.3, 0.4) is 0 Å². The molecular weight excluding hydrogens is 244 g/mol. The number of nitrogens with zero attached hydrogens (tertiary/aromatic N) is 2. The maximum absolute atomic E-state index is 12.0. The van der Waals surface area contributed by atoms with Crippen LogP contribution in [-0.4, -0.2) is 35.8 Å². The summed E-state index contributed by atoms with van der Waals surface area (Å²) in [4.78, 5) is 14.1. The molecule has 0 saturated heterocycles. The van der Waals surface area contributed by atoms with Crippen molar-refractivity contribution in [1.29, 1.82) is 0 Å². The van der Waals surface area contributed by atoms with Crippen LogP contribution in [0.25, 0.3) is 11.0 Å². The van der Waals surface area contributed by atoms with Crippen molar-refractivity contribution < 1.29 is 8.42 Å². The van der Waals surface area contributed by atoms with E-state index in [0.29, 0.717) is 15.2 Å². The van der Waals surface area contributed by atoms with E-state index < -0.39 is 15.9 Å². The number of fused-ring (bicyclic) bond motifs is 1. The highest BCUT2D eigenvalue weighted by Gasteiger charge is 2.22. The van der Waals surface area contributed by atoms with Crippen molar-refractivity contribution in [2.75, 3.05) is 19.8 Å². The average molecular weight is 256 g/mol. The third kappa shape index (κ3) is 1.71. The molecule has 0 bridgehead atoms. The molecule has 2 aromatic rings. The highest BCUT2D eigenvalue weighted by molar-refractivity contribution is 7.87. The number of benzene rings is 1. The Hall–Kier alpha value is -1.80. The molecule has 0 spiro atoms. The quantitative estimate of drug-likeness (QED) is 0.711. The molecule has 0 aliphatic heterocycles. The molecule has 17 heavy (non-hydrogen) atoms. The molecule has 2 rings (SSSR count). The predicted molar refractivity (Wildman–Crippen MR) is 65.0 cm³/mol. The molecule has 7 nitrogen and oxygen atoms in total. The van der Waals surface area contributed by atoms with E-state index in [-0.39, 0.29) is 5.52 Å². The van der Waals surface area contributed by atoms with Crippen LogP contribution < -0.4 is 11.4 Å². The Morgan fingerprint density at radius 2 is 2.00 bits per heavy atom. The molecule has 0 unspecified atom stereocenters. The summed E-state index contributed by atoms with van der Waals surface area (Å²) < 4.78 is 25.6. The van der Waals surface area contributed by atoms with Crippen LogP contribution >= 0.6 is 0 Å². The minimum absolute atomic E-state index is 0.276. The smallest absolute Gasteiger partial charge is 0.341 e. The summed E-state index contributed by atoms with van der Waals surface area (Å²) in [7, 11) is -1.12. The van der Waals surface area contributed by atoms with Gasteiger partial charge in [-0.2, -0.15) is 16.7 Å². The van der Waals surface area contributed by atoms with Crippen LogP contribution in [0, 0.1) is 0 Å². The molecule has 1 aromatic heterocycles. The van der Waals surface area contributed by atoms with Gasteiger partial charge >= 0.3 is 15.9 Å². The van der Waals surface area contributed by atoms with Crippen LogP contribution in [0.5, 0.6) is 0 Å². The number of imidazole rings is 1. The first kappa shape index (κ1) is 11.7. The van der Waals surface area contributed by atoms with Gasteiger partial charge in [-0.15, -0.1) is 0 Å². The summed E-state index contributed by atoms with van der Waals surface area (Å²) in [6.45, 7) is 0. The van der Waals surface area contributed by atoms with Gasteiger partial charge in [0, 0.05) is 19.8 Å². The summed E-state index contributed by atoms with van der Waals surface area (Å²) in [6.07, 6.45) is 0. The van der Waals surface area contributed by atoms with E-state index in [2.05, 4.69) is 4.98 Å². The van der Waals surface area contributed by atoms with E-state index in [1.165, 1.54) is 32.3 Å². The van der Waals surface area contributed by atoms with Gasteiger partial charge in [0.25, 0.3) is 0 Å². The minimum Gasteiger partial charge on any atom is -0.399 e. The molecule has 92 valence electrons. The van der Waals surface area contributed by atoms with Crippen molar-refractivity contribution in [3.63, 3.8) is 0 Å². The average Bonchev–Trinajstić information content (AvgIpc) is 2.53. The summed E-state index contributed by atoms with van der Waals surface area (Å²) >= 11 is 0. The van der Waals surface area contributed by atoms with E-state index in [0.717, 1.165) is 4.31 Å². The minimum atomic E-state index is -3.84. The lowest BCUT2D eigenvalue weighted by Gasteiger charge is -2.11. The number of nitrogens with one attached hydrogen (secondary N) is 1. The zero-order valence-electron chi connectivity index (χ0n) is 9.34. The number of rotatable bonds is 2. The van der Waals surface area contributed by atoms with Crippen LogP contribution in [-0.2, 0) is 10.2 Å². The van der Waals surface area contributed by atoms with Crippen molar-refractivity contribution in [2.45, 2.75) is 0 Å². The first-order valence-electron chi connectivity index (χ1n) is 4.77. The molecule has 0 atom stereocenters. The van der Waals surface area contributed by atoms with Crippen LogP contribution in [0.4, 0.5) is 5.69 Å². The third-order valence-electron chi connectivity index (χ3n) is 2.36. The highest BCUT2D eigenvalue weighted by atomic mass is 32.2. The number of anilines is 1. The van der Waals surface area contributed by atoms with Crippen molar-refractivity contribution in [1.82, 2.24) is 13.3 Å². The second kappa shape index (κ2) is 3.60. The van der Waals surface area contributed by atoms with Gasteiger partial charge in [-0.3, -0.25) is 0 Å². The Morgan fingerprint density at radius 1 is 1.35 bits per heavy atom. The molecule has 1 heterocycles. The molecule has 0 fully saturated rings.